The Bertz CT molecular complexity index is 468. The number of anilines is 2. The number of aliphatic hydroxyl groups excluding tert-OH is 1. The van der Waals surface area contributed by atoms with Crippen molar-refractivity contribution in [2.75, 3.05) is 17.7 Å². The number of nitrogens with one attached hydrogen (secondary N) is 2. The SMILES string of the molecule is CCCCC(F)(F)C1Nc2ccc(OC)cc2NC1O. The summed E-state index contributed by atoms with van der Waals surface area (Å²) in [5.41, 5.74) is 1.09. The number of fused-ring (bicyclic) bond motifs is 1. The summed E-state index contributed by atoms with van der Waals surface area (Å²) in [5, 5.41) is 15.3. The van der Waals surface area contributed by atoms with Crippen LogP contribution in [-0.4, -0.2) is 30.4 Å². The molecule has 0 spiro atoms. The van der Waals surface area contributed by atoms with Crippen LogP contribution in [-0.2, 0) is 0 Å². The minimum absolute atomic E-state index is 0.245. The molecule has 0 saturated heterocycles. The molecule has 112 valence electrons. The smallest absolute Gasteiger partial charge is 0.272 e. The molecule has 4 nitrogen and oxygen atoms in total. The summed E-state index contributed by atoms with van der Waals surface area (Å²) >= 11 is 0. The van der Waals surface area contributed by atoms with Crippen molar-refractivity contribution in [1.29, 1.82) is 0 Å². The van der Waals surface area contributed by atoms with E-state index in [-0.39, 0.29) is 6.42 Å². The van der Waals surface area contributed by atoms with Crippen molar-refractivity contribution in [3.63, 3.8) is 0 Å². The number of alkyl halides is 2. The average molecular weight is 286 g/mol. The molecule has 1 aromatic carbocycles. The van der Waals surface area contributed by atoms with Gasteiger partial charge in [-0.25, -0.2) is 8.78 Å². The molecule has 6 heteroatoms. The van der Waals surface area contributed by atoms with E-state index in [1.54, 1.807) is 18.2 Å². The van der Waals surface area contributed by atoms with Gasteiger partial charge in [0, 0.05) is 12.5 Å². The van der Waals surface area contributed by atoms with E-state index in [9.17, 15) is 13.9 Å². The molecule has 0 saturated carbocycles. The van der Waals surface area contributed by atoms with E-state index in [4.69, 9.17) is 4.74 Å². The zero-order valence-electron chi connectivity index (χ0n) is 11.6. The van der Waals surface area contributed by atoms with Gasteiger partial charge in [0.05, 0.1) is 18.5 Å². The van der Waals surface area contributed by atoms with E-state index in [0.29, 0.717) is 30.0 Å². The molecule has 1 aliphatic rings. The van der Waals surface area contributed by atoms with E-state index in [1.807, 2.05) is 6.92 Å². The summed E-state index contributed by atoms with van der Waals surface area (Å²) < 4.78 is 33.3. The van der Waals surface area contributed by atoms with Crippen LogP contribution in [0.3, 0.4) is 0 Å². The Balaban J connectivity index is 2.19. The molecule has 1 aliphatic heterocycles. The van der Waals surface area contributed by atoms with Gasteiger partial charge in [-0.2, -0.15) is 0 Å². The maximum Gasteiger partial charge on any atom is 0.272 e. The standard InChI is InChI=1S/C14H20F2N2O2/c1-3-4-7-14(15,16)12-13(19)18-11-8-9(20-2)5-6-10(11)17-12/h5-6,8,12-13,17-19H,3-4,7H2,1-2H3. The number of benzene rings is 1. The van der Waals surface area contributed by atoms with Crippen LogP contribution in [0.4, 0.5) is 20.2 Å². The molecule has 2 unspecified atom stereocenters. The zero-order chi connectivity index (χ0) is 14.8. The minimum Gasteiger partial charge on any atom is -0.497 e. The van der Waals surface area contributed by atoms with E-state index in [2.05, 4.69) is 10.6 Å². The molecule has 1 aromatic rings. The monoisotopic (exact) mass is 286 g/mol. The second-order valence-electron chi connectivity index (χ2n) is 4.99. The maximum absolute atomic E-state index is 14.1. The number of hydrogen-bond donors (Lipinski definition) is 3. The summed E-state index contributed by atoms with van der Waals surface area (Å²) in [4.78, 5) is 0. The molecule has 2 rings (SSSR count). The van der Waals surface area contributed by atoms with Crippen molar-refractivity contribution in [2.45, 2.75) is 44.4 Å². The Morgan fingerprint density at radius 1 is 1.30 bits per heavy atom. The molecule has 0 aliphatic carbocycles. The maximum atomic E-state index is 14.1. The molecule has 20 heavy (non-hydrogen) atoms. The molecule has 3 N–H and O–H groups in total. The summed E-state index contributed by atoms with van der Waals surface area (Å²) in [5.74, 6) is -2.37. The van der Waals surface area contributed by atoms with E-state index in [0.717, 1.165) is 0 Å². The van der Waals surface area contributed by atoms with Crippen LogP contribution in [0.2, 0.25) is 0 Å². The fraction of sp³-hybridized carbons (Fsp3) is 0.571. The highest BCUT2D eigenvalue weighted by Gasteiger charge is 2.45. The van der Waals surface area contributed by atoms with Crippen LogP contribution >= 0.6 is 0 Å². The van der Waals surface area contributed by atoms with Crippen LogP contribution < -0.4 is 15.4 Å². The highest BCUT2D eigenvalue weighted by atomic mass is 19.3. The number of methoxy groups -OCH3 is 1. The van der Waals surface area contributed by atoms with Gasteiger partial charge in [0.2, 0.25) is 0 Å². The number of halogens is 2. The van der Waals surface area contributed by atoms with Crippen LogP contribution in [0, 0.1) is 0 Å². The molecule has 2 atom stereocenters. The van der Waals surface area contributed by atoms with Gasteiger partial charge in [-0.15, -0.1) is 0 Å². The number of hydrogen-bond acceptors (Lipinski definition) is 4. The first-order valence-corrected chi connectivity index (χ1v) is 6.75. The summed E-state index contributed by atoms with van der Waals surface area (Å²) in [6.45, 7) is 1.86. The summed E-state index contributed by atoms with van der Waals surface area (Å²) in [6, 6.07) is 3.67. The highest BCUT2D eigenvalue weighted by molar-refractivity contribution is 5.73. The first-order chi connectivity index (χ1) is 9.47. The molecule has 1 heterocycles. The van der Waals surface area contributed by atoms with Crippen molar-refractivity contribution >= 4 is 11.4 Å². The number of rotatable bonds is 5. The number of unbranched alkanes of at least 4 members (excludes halogenated alkanes) is 1. The van der Waals surface area contributed by atoms with Gasteiger partial charge in [-0.3, -0.25) is 0 Å². The van der Waals surface area contributed by atoms with Gasteiger partial charge in [-0.1, -0.05) is 13.3 Å². The molecule has 0 radical (unpaired) electrons. The third-order valence-corrected chi connectivity index (χ3v) is 3.48. The minimum atomic E-state index is -2.97. The topological polar surface area (TPSA) is 53.5 Å². The van der Waals surface area contributed by atoms with E-state index < -0.39 is 18.2 Å². The first-order valence-electron chi connectivity index (χ1n) is 6.75. The second kappa shape index (κ2) is 5.83. The first kappa shape index (κ1) is 14.8. The summed E-state index contributed by atoms with van der Waals surface area (Å²) in [6.07, 6.45) is -0.472. The van der Waals surface area contributed by atoms with Gasteiger partial charge in [0.15, 0.2) is 6.23 Å². The van der Waals surface area contributed by atoms with Crippen molar-refractivity contribution in [1.82, 2.24) is 0 Å². The quantitative estimate of drug-likeness (QED) is 0.778. The van der Waals surface area contributed by atoms with Crippen molar-refractivity contribution in [2.24, 2.45) is 0 Å². The number of aliphatic hydroxyl groups is 1. The normalized spacial score (nSPS) is 21.6. The molecular formula is C14H20F2N2O2. The highest BCUT2D eigenvalue weighted by Crippen LogP contribution is 2.37. The third-order valence-electron chi connectivity index (χ3n) is 3.48. The van der Waals surface area contributed by atoms with E-state index >= 15 is 0 Å². The molecule has 0 aromatic heterocycles. The lowest BCUT2D eigenvalue weighted by molar-refractivity contribution is -0.0597. The Morgan fingerprint density at radius 3 is 2.70 bits per heavy atom. The molecule has 0 bridgehead atoms. The molecule has 0 amide bonds. The Kier molecular flexibility index (Phi) is 4.32. The molecular weight excluding hydrogens is 266 g/mol. The van der Waals surface area contributed by atoms with Gasteiger partial charge in [0.25, 0.3) is 5.92 Å². The van der Waals surface area contributed by atoms with Crippen LogP contribution in [0.25, 0.3) is 0 Å². The van der Waals surface area contributed by atoms with Crippen LogP contribution in [0.1, 0.15) is 26.2 Å². The Morgan fingerprint density at radius 2 is 2.05 bits per heavy atom. The van der Waals surface area contributed by atoms with Crippen molar-refractivity contribution < 1.29 is 18.6 Å². The zero-order valence-corrected chi connectivity index (χ0v) is 11.6. The van der Waals surface area contributed by atoms with Crippen molar-refractivity contribution in [3.05, 3.63) is 18.2 Å². The van der Waals surface area contributed by atoms with Crippen LogP contribution in [0.15, 0.2) is 18.2 Å². The Labute approximate surface area is 117 Å². The summed E-state index contributed by atoms with van der Waals surface area (Å²) in [7, 11) is 1.52. The Hall–Kier alpha value is -1.56. The lowest BCUT2D eigenvalue weighted by atomic mass is 9.99. The van der Waals surface area contributed by atoms with Gasteiger partial charge >= 0.3 is 0 Å². The average Bonchev–Trinajstić information content (AvgIpc) is 2.43. The fourth-order valence-corrected chi connectivity index (χ4v) is 2.29. The van der Waals surface area contributed by atoms with Gasteiger partial charge < -0.3 is 20.5 Å². The third kappa shape index (κ3) is 2.95. The largest absolute Gasteiger partial charge is 0.497 e. The van der Waals surface area contributed by atoms with Gasteiger partial charge in [0.1, 0.15) is 11.8 Å². The van der Waals surface area contributed by atoms with Crippen molar-refractivity contribution in [3.8, 4) is 5.75 Å². The molecule has 0 fully saturated rings. The van der Waals surface area contributed by atoms with Gasteiger partial charge in [-0.05, 0) is 18.6 Å². The number of ether oxygens (including phenoxy) is 1. The lowest BCUT2D eigenvalue weighted by Gasteiger charge is -2.37. The van der Waals surface area contributed by atoms with E-state index in [1.165, 1.54) is 7.11 Å². The second-order valence-corrected chi connectivity index (χ2v) is 4.99. The predicted molar refractivity (Wildman–Crippen MR) is 74.5 cm³/mol. The van der Waals surface area contributed by atoms with Crippen LogP contribution in [0.5, 0.6) is 5.75 Å². The lowest BCUT2D eigenvalue weighted by Crippen LogP contribution is -2.53. The fourth-order valence-electron chi connectivity index (χ4n) is 2.29. The predicted octanol–water partition coefficient (Wildman–Crippen LogP) is 3.05.